The number of carboxylic acid groups (broad SMARTS) is 1. The number of carboxylic acids is 1. The molecule has 0 saturated carbocycles. The quantitative estimate of drug-likeness (QED) is 0.917. The molecule has 4 nitrogen and oxygen atoms in total. The van der Waals surface area contributed by atoms with Crippen LogP contribution in [0.3, 0.4) is 0 Å². The molecule has 0 aliphatic carbocycles. The van der Waals surface area contributed by atoms with Gasteiger partial charge in [0.05, 0.1) is 24.6 Å². The number of rotatable bonds is 4. The van der Waals surface area contributed by atoms with Crippen molar-refractivity contribution in [1.82, 2.24) is 9.55 Å². The van der Waals surface area contributed by atoms with Gasteiger partial charge in [0.25, 0.3) is 0 Å². The molecule has 1 heterocycles. The molecule has 0 aliphatic rings. The normalized spacial score (nSPS) is 10.7. The number of carbonyl (C=O) groups is 1. The third kappa shape index (κ3) is 2.84. The van der Waals surface area contributed by atoms with Gasteiger partial charge in [-0.25, -0.2) is 4.98 Å². The molecular formula is C15H18N2O2. The first-order chi connectivity index (χ1) is 8.99. The Morgan fingerprint density at radius 3 is 2.47 bits per heavy atom. The molecule has 0 bridgehead atoms. The monoisotopic (exact) mass is 258 g/mol. The largest absolute Gasteiger partial charge is 0.481 e. The van der Waals surface area contributed by atoms with Crippen LogP contribution in [0.2, 0.25) is 0 Å². The molecule has 19 heavy (non-hydrogen) atoms. The molecule has 1 aromatic carbocycles. The fraction of sp³-hybridized carbons (Fsp3) is 0.333. The van der Waals surface area contributed by atoms with Gasteiger partial charge in [-0.3, -0.25) is 4.79 Å². The van der Waals surface area contributed by atoms with Gasteiger partial charge in [0.1, 0.15) is 0 Å². The Hall–Kier alpha value is -2.10. The summed E-state index contributed by atoms with van der Waals surface area (Å²) < 4.78 is 1.90. The molecule has 0 aliphatic heterocycles. The van der Waals surface area contributed by atoms with Gasteiger partial charge >= 0.3 is 5.97 Å². The summed E-state index contributed by atoms with van der Waals surface area (Å²) in [5.74, 6) is -0.794. The Labute approximate surface area is 112 Å². The first-order valence-electron chi connectivity index (χ1n) is 6.29. The maximum atomic E-state index is 10.7. The summed E-state index contributed by atoms with van der Waals surface area (Å²) in [7, 11) is 0. The fourth-order valence-electron chi connectivity index (χ4n) is 2.51. The minimum atomic E-state index is -0.794. The second-order valence-corrected chi connectivity index (χ2v) is 4.89. The number of imidazole rings is 1. The second kappa shape index (κ2) is 5.26. The molecule has 0 amide bonds. The van der Waals surface area contributed by atoms with Crippen LogP contribution in [-0.4, -0.2) is 20.6 Å². The summed E-state index contributed by atoms with van der Waals surface area (Å²) in [5.41, 5.74) is 5.74. The lowest BCUT2D eigenvalue weighted by Gasteiger charge is -2.13. The van der Waals surface area contributed by atoms with Crippen molar-refractivity contribution in [2.24, 2.45) is 0 Å². The molecule has 0 unspecified atom stereocenters. The van der Waals surface area contributed by atoms with Crippen LogP contribution in [0.25, 0.3) is 11.3 Å². The summed E-state index contributed by atoms with van der Waals surface area (Å²) >= 11 is 0. The summed E-state index contributed by atoms with van der Waals surface area (Å²) in [5, 5.41) is 8.79. The van der Waals surface area contributed by atoms with Gasteiger partial charge in [-0.2, -0.15) is 0 Å². The lowest BCUT2D eigenvalue weighted by Crippen LogP contribution is -2.05. The maximum absolute atomic E-state index is 10.7. The topological polar surface area (TPSA) is 55.1 Å². The van der Waals surface area contributed by atoms with E-state index < -0.39 is 5.97 Å². The highest BCUT2D eigenvalue weighted by Gasteiger charge is 2.12. The average molecular weight is 258 g/mol. The first-order valence-corrected chi connectivity index (χ1v) is 6.29. The van der Waals surface area contributed by atoms with Crippen molar-refractivity contribution in [3.8, 4) is 11.3 Å². The SMILES string of the molecule is Cc1cc(C)c(-c2cncn2CCC(=O)O)c(C)c1. The Bertz CT molecular complexity index is 591. The molecule has 0 fully saturated rings. The van der Waals surface area contributed by atoms with Crippen LogP contribution < -0.4 is 0 Å². The molecule has 100 valence electrons. The van der Waals surface area contributed by atoms with Gasteiger partial charge in [-0.15, -0.1) is 0 Å². The van der Waals surface area contributed by atoms with Crippen molar-refractivity contribution >= 4 is 5.97 Å². The number of aryl methyl sites for hydroxylation is 4. The third-order valence-corrected chi connectivity index (χ3v) is 3.21. The molecule has 1 aromatic heterocycles. The maximum Gasteiger partial charge on any atom is 0.305 e. The van der Waals surface area contributed by atoms with E-state index in [0.29, 0.717) is 6.54 Å². The summed E-state index contributed by atoms with van der Waals surface area (Å²) in [4.78, 5) is 14.8. The summed E-state index contributed by atoms with van der Waals surface area (Å²) in [6.07, 6.45) is 3.59. The van der Waals surface area contributed by atoms with E-state index >= 15 is 0 Å². The molecule has 4 heteroatoms. The second-order valence-electron chi connectivity index (χ2n) is 4.89. The number of hydrogen-bond donors (Lipinski definition) is 1. The van der Waals surface area contributed by atoms with Crippen molar-refractivity contribution in [2.45, 2.75) is 33.7 Å². The Kier molecular flexibility index (Phi) is 3.69. The van der Waals surface area contributed by atoms with Gasteiger partial charge in [-0.1, -0.05) is 17.7 Å². The van der Waals surface area contributed by atoms with Crippen LogP contribution in [0.1, 0.15) is 23.1 Å². The van der Waals surface area contributed by atoms with Crippen molar-refractivity contribution < 1.29 is 9.90 Å². The minimum Gasteiger partial charge on any atom is -0.481 e. The number of nitrogens with zero attached hydrogens (tertiary/aromatic N) is 2. The van der Waals surface area contributed by atoms with Gasteiger partial charge < -0.3 is 9.67 Å². The van der Waals surface area contributed by atoms with Crippen molar-refractivity contribution in [3.63, 3.8) is 0 Å². The number of aliphatic carboxylic acids is 1. The van der Waals surface area contributed by atoms with Crippen LogP contribution in [-0.2, 0) is 11.3 Å². The van der Waals surface area contributed by atoms with Crippen LogP contribution in [0.15, 0.2) is 24.7 Å². The predicted octanol–water partition coefficient (Wildman–Crippen LogP) is 2.95. The zero-order valence-electron chi connectivity index (χ0n) is 11.5. The molecule has 2 aromatic rings. The molecule has 0 atom stereocenters. The molecular weight excluding hydrogens is 240 g/mol. The lowest BCUT2D eigenvalue weighted by atomic mass is 9.97. The van der Waals surface area contributed by atoms with Crippen molar-refractivity contribution in [2.75, 3.05) is 0 Å². The molecule has 0 spiro atoms. The molecule has 1 N–H and O–H groups in total. The summed E-state index contributed by atoms with van der Waals surface area (Å²) in [6.45, 7) is 6.66. The number of hydrogen-bond acceptors (Lipinski definition) is 2. The van der Waals surface area contributed by atoms with E-state index in [0.717, 1.165) is 11.3 Å². The van der Waals surface area contributed by atoms with Crippen LogP contribution in [0, 0.1) is 20.8 Å². The van der Waals surface area contributed by atoms with Crippen LogP contribution >= 0.6 is 0 Å². The smallest absolute Gasteiger partial charge is 0.305 e. The lowest BCUT2D eigenvalue weighted by molar-refractivity contribution is -0.137. The molecule has 2 rings (SSSR count). The van der Waals surface area contributed by atoms with Crippen molar-refractivity contribution in [1.29, 1.82) is 0 Å². The Balaban J connectivity index is 2.43. The first kappa shape index (κ1) is 13.3. The van der Waals surface area contributed by atoms with E-state index in [4.69, 9.17) is 5.11 Å². The molecule has 0 radical (unpaired) electrons. The fourth-order valence-corrected chi connectivity index (χ4v) is 2.51. The zero-order chi connectivity index (χ0) is 14.0. The van der Waals surface area contributed by atoms with Gasteiger partial charge in [-0.05, 0) is 31.9 Å². The third-order valence-electron chi connectivity index (χ3n) is 3.21. The van der Waals surface area contributed by atoms with E-state index in [2.05, 4.69) is 37.9 Å². The minimum absolute atomic E-state index is 0.104. The number of aromatic nitrogens is 2. The van der Waals surface area contributed by atoms with E-state index in [1.807, 2.05) is 4.57 Å². The number of benzene rings is 1. The highest BCUT2D eigenvalue weighted by molar-refractivity contribution is 5.69. The van der Waals surface area contributed by atoms with Gasteiger partial charge in [0.15, 0.2) is 0 Å². The summed E-state index contributed by atoms with van der Waals surface area (Å²) in [6, 6.07) is 4.27. The van der Waals surface area contributed by atoms with Gasteiger partial charge in [0, 0.05) is 12.1 Å². The zero-order valence-corrected chi connectivity index (χ0v) is 11.5. The Morgan fingerprint density at radius 1 is 1.26 bits per heavy atom. The van der Waals surface area contributed by atoms with E-state index in [-0.39, 0.29) is 6.42 Å². The Morgan fingerprint density at radius 2 is 1.89 bits per heavy atom. The highest BCUT2D eigenvalue weighted by atomic mass is 16.4. The van der Waals surface area contributed by atoms with Crippen LogP contribution in [0.4, 0.5) is 0 Å². The standard InChI is InChI=1S/C15H18N2O2/c1-10-6-11(2)15(12(3)7-10)13-8-16-9-17(13)5-4-14(18)19/h6-9H,4-5H2,1-3H3,(H,18,19). The predicted molar refractivity (Wildman–Crippen MR) is 74.1 cm³/mol. The van der Waals surface area contributed by atoms with E-state index in [1.165, 1.54) is 16.7 Å². The highest BCUT2D eigenvalue weighted by Crippen LogP contribution is 2.28. The average Bonchev–Trinajstić information content (AvgIpc) is 2.73. The van der Waals surface area contributed by atoms with E-state index in [1.54, 1.807) is 12.5 Å². The van der Waals surface area contributed by atoms with Crippen molar-refractivity contribution in [3.05, 3.63) is 41.3 Å². The van der Waals surface area contributed by atoms with E-state index in [9.17, 15) is 4.79 Å². The van der Waals surface area contributed by atoms with Crippen LogP contribution in [0.5, 0.6) is 0 Å². The molecule has 0 saturated heterocycles. The van der Waals surface area contributed by atoms with Gasteiger partial charge in [0.2, 0.25) is 0 Å².